The lowest BCUT2D eigenvalue weighted by Crippen LogP contribution is -2.55. The number of nitrogens with one attached hydrogen (secondary N) is 1. The average Bonchev–Trinajstić information content (AvgIpc) is 2.48. The Morgan fingerprint density at radius 1 is 1.05 bits per heavy atom. The Morgan fingerprint density at radius 3 is 2.05 bits per heavy atom. The van der Waals surface area contributed by atoms with Gasteiger partial charge >= 0.3 is 18.0 Å². The van der Waals surface area contributed by atoms with Crippen molar-refractivity contribution in [1.82, 2.24) is 20.0 Å². The summed E-state index contributed by atoms with van der Waals surface area (Å²) in [7, 11) is 0. The highest BCUT2D eigenvalue weighted by Gasteiger charge is 2.25. The smallest absolute Gasteiger partial charge is 0.320 e. The fourth-order valence-corrected chi connectivity index (χ4v) is 2.18. The Kier molecular flexibility index (Phi) is 6.77. The molecule has 0 bridgehead atoms. The van der Waals surface area contributed by atoms with E-state index in [9.17, 15) is 14.4 Å². The number of carboxylic acids is 1. The number of rotatable bonds is 5. The van der Waals surface area contributed by atoms with Crippen molar-refractivity contribution >= 4 is 18.0 Å². The van der Waals surface area contributed by atoms with Gasteiger partial charge in [-0.05, 0) is 13.8 Å². The summed E-state index contributed by atoms with van der Waals surface area (Å²) in [5, 5.41) is 11.1. The molecule has 0 aromatic heterocycles. The molecule has 0 unspecified atom stereocenters. The van der Waals surface area contributed by atoms with Crippen LogP contribution in [0.3, 0.4) is 0 Å². The van der Waals surface area contributed by atoms with Crippen LogP contribution >= 0.6 is 0 Å². The van der Waals surface area contributed by atoms with E-state index < -0.39 is 5.97 Å². The van der Waals surface area contributed by atoms with E-state index in [1.165, 1.54) is 0 Å². The van der Waals surface area contributed by atoms with Crippen LogP contribution in [0.15, 0.2) is 0 Å². The number of hydrogen-bond donors (Lipinski definition) is 2. The number of amides is 4. The summed E-state index contributed by atoms with van der Waals surface area (Å²) in [5.74, 6) is -0.940. The highest BCUT2D eigenvalue weighted by Crippen LogP contribution is 2.06. The van der Waals surface area contributed by atoms with E-state index in [2.05, 4.69) is 5.32 Å². The lowest BCUT2D eigenvalue weighted by atomic mass is 10.3. The molecule has 0 aromatic rings. The van der Waals surface area contributed by atoms with Gasteiger partial charge in [0.05, 0.1) is 6.42 Å². The number of nitrogens with zero attached hydrogens (tertiary/aromatic N) is 3. The first-order chi connectivity index (χ1) is 9.99. The summed E-state index contributed by atoms with van der Waals surface area (Å²) in [6, 6.07) is -0.267. The predicted molar refractivity (Wildman–Crippen MR) is 77.1 cm³/mol. The maximum absolute atomic E-state index is 12.2. The molecule has 0 radical (unpaired) electrons. The van der Waals surface area contributed by atoms with Crippen LogP contribution in [0.5, 0.6) is 0 Å². The second kappa shape index (κ2) is 8.33. The van der Waals surface area contributed by atoms with Crippen LogP contribution in [0.1, 0.15) is 20.3 Å². The number of urea groups is 2. The van der Waals surface area contributed by atoms with Gasteiger partial charge in [0.25, 0.3) is 0 Å². The topological polar surface area (TPSA) is 93.2 Å². The standard InChI is InChI=1S/C13H24N4O4/c1-3-15(4-2)13(21)17-9-7-16(8-10-17)12(20)14-6-5-11(18)19/h3-10H2,1-2H3,(H,14,20)(H,18,19). The quantitative estimate of drug-likeness (QED) is 0.761. The molecule has 8 heteroatoms. The number of carbonyl (C=O) groups excluding carboxylic acids is 2. The number of aliphatic carboxylic acids is 1. The van der Waals surface area contributed by atoms with Gasteiger partial charge in [0.2, 0.25) is 0 Å². The first kappa shape index (κ1) is 17.1. The number of hydrogen-bond acceptors (Lipinski definition) is 3. The molecule has 1 aliphatic rings. The van der Waals surface area contributed by atoms with E-state index in [1.807, 2.05) is 13.8 Å². The third-order valence-electron chi connectivity index (χ3n) is 3.49. The van der Waals surface area contributed by atoms with Crippen LogP contribution in [0.25, 0.3) is 0 Å². The highest BCUT2D eigenvalue weighted by atomic mass is 16.4. The first-order valence-corrected chi connectivity index (χ1v) is 7.28. The number of piperazine rings is 1. The van der Waals surface area contributed by atoms with E-state index in [0.717, 1.165) is 0 Å². The molecule has 0 atom stereocenters. The number of carbonyl (C=O) groups is 3. The summed E-state index contributed by atoms with van der Waals surface area (Å²) >= 11 is 0. The van der Waals surface area contributed by atoms with Crippen molar-refractivity contribution in [2.75, 3.05) is 45.8 Å². The van der Waals surface area contributed by atoms with Crippen molar-refractivity contribution in [2.45, 2.75) is 20.3 Å². The lowest BCUT2D eigenvalue weighted by molar-refractivity contribution is -0.136. The number of carboxylic acid groups (broad SMARTS) is 1. The monoisotopic (exact) mass is 300 g/mol. The van der Waals surface area contributed by atoms with Crippen LogP contribution in [0.2, 0.25) is 0 Å². The maximum Gasteiger partial charge on any atom is 0.320 e. The van der Waals surface area contributed by atoms with E-state index in [-0.39, 0.29) is 25.0 Å². The molecule has 0 aromatic carbocycles. The zero-order valence-electron chi connectivity index (χ0n) is 12.7. The van der Waals surface area contributed by atoms with Gasteiger partial charge in [0.15, 0.2) is 0 Å². The summed E-state index contributed by atoms with van der Waals surface area (Å²) < 4.78 is 0. The molecule has 2 N–H and O–H groups in total. The molecule has 1 rings (SSSR count). The molecular formula is C13H24N4O4. The second-order valence-electron chi connectivity index (χ2n) is 4.80. The second-order valence-corrected chi connectivity index (χ2v) is 4.80. The van der Waals surface area contributed by atoms with Gasteiger partial charge < -0.3 is 25.1 Å². The Morgan fingerprint density at radius 2 is 1.57 bits per heavy atom. The fourth-order valence-electron chi connectivity index (χ4n) is 2.18. The van der Waals surface area contributed by atoms with Crippen molar-refractivity contribution < 1.29 is 19.5 Å². The van der Waals surface area contributed by atoms with Gasteiger partial charge in [-0.15, -0.1) is 0 Å². The molecule has 21 heavy (non-hydrogen) atoms. The molecule has 0 saturated carbocycles. The zero-order valence-corrected chi connectivity index (χ0v) is 12.7. The Hall–Kier alpha value is -1.99. The largest absolute Gasteiger partial charge is 0.481 e. The molecule has 1 heterocycles. The molecule has 1 saturated heterocycles. The van der Waals surface area contributed by atoms with E-state index in [4.69, 9.17) is 5.11 Å². The van der Waals surface area contributed by atoms with E-state index in [1.54, 1.807) is 14.7 Å². The van der Waals surface area contributed by atoms with Crippen molar-refractivity contribution in [1.29, 1.82) is 0 Å². The van der Waals surface area contributed by atoms with Crippen LogP contribution in [-0.4, -0.2) is 83.7 Å². The lowest BCUT2D eigenvalue weighted by Gasteiger charge is -2.37. The Balaban J connectivity index is 2.36. The highest BCUT2D eigenvalue weighted by molar-refractivity contribution is 5.77. The van der Waals surface area contributed by atoms with Gasteiger partial charge in [-0.1, -0.05) is 0 Å². The molecule has 8 nitrogen and oxygen atoms in total. The minimum Gasteiger partial charge on any atom is -0.481 e. The minimum atomic E-state index is -0.940. The van der Waals surface area contributed by atoms with Crippen LogP contribution < -0.4 is 5.32 Å². The van der Waals surface area contributed by atoms with Crippen LogP contribution in [-0.2, 0) is 4.79 Å². The molecule has 1 aliphatic heterocycles. The Labute approximate surface area is 124 Å². The molecule has 0 aliphatic carbocycles. The van der Waals surface area contributed by atoms with E-state index >= 15 is 0 Å². The zero-order chi connectivity index (χ0) is 15.8. The normalized spacial score (nSPS) is 14.8. The summed E-state index contributed by atoms with van der Waals surface area (Å²) in [6.45, 7) is 7.27. The third kappa shape index (κ3) is 5.13. The van der Waals surface area contributed by atoms with Gasteiger partial charge in [-0.3, -0.25) is 4.79 Å². The van der Waals surface area contributed by atoms with Crippen molar-refractivity contribution in [2.24, 2.45) is 0 Å². The molecular weight excluding hydrogens is 276 g/mol. The summed E-state index contributed by atoms with van der Waals surface area (Å²) in [4.78, 5) is 39.4. The molecule has 0 spiro atoms. The summed E-state index contributed by atoms with van der Waals surface area (Å²) in [6.07, 6.45) is -0.0911. The predicted octanol–water partition coefficient (Wildman–Crippen LogP) is 0.250. The first-order valence-electron chi connectivity index (χ1n) is 7.28. The molecule has 4 amide bonds. The molecule has 1 fully saturated rings. The minimum absolute atomic E-state index is 0.00550. The SMILES string of the molecule is CCN(CC)C(=O)N1CCN(C(=O)NCCC(=O)O)CC1. The van der Waals surface area contributed by atoms with E-state index in [0.29, 0.717) is 39.3 Å². The van der Waals surface area contributed by atoms with Gasteiger partial charge in [0, 0.05) is 45.8 Å². The van der Waals surface area contributed by atoms with Crippen molar-refractivity contribution in [3.63, 3.8) is 0 Å². The Bertz CT molecular complexity index is 376. The van der Waals surface area contributed by atoms with Crippen molar-refractivity contribution in [3.8, 4) is 0 Å². The van der Waals surface area contributed by atoms with Gasteiger partial charge in [0.1, 0.15) is 0 Å². The van der Waals surface area contributed by atoms with Gasteiger partial charge in [-0.2, -0.15) is 0 Å². The van der Waals surface area contributed by atoms with Crippen molar-refractivity contribution in [3.05, 3.63) is 0 Å². The maximum atomic E-state index is 12.2. The third-order valence-corrected chi connectivity index (χ3v) is 3.49. The van der Waals surface area contributed by atoms with Gasteiger partial charge in [-0.25, -0.2) is 9.59 Å². The fraction of sp³-hybridized carbons (Fsp3) is 0.769. The molecule has 120 valence electrons. The average molecular weight is 300 g/mol. The van der Waals surface area contributed by atoms with Crippen LogP contribution in [0.4, 0.5) is 9.59 Å². The van der Waals surface area contributed by atoms with Crippen LogP contribution in [0, 0.1) is 0 Å². The summed E-state index contributed by atoms with van der Waals surface area (Å²) in [5.41, 5.74) is 0.